The van der Waals surface area contributed by atoms with Gasteiger partial charge in [-0.2, -0.15) is 0 Å². The van der Waals surface area contributed by atoms with Gasteiger partial charge in [-0.25, -0.2) is 4.98 Å². The Kier molecular flexibility index (Phi) is 3.85. The van der Waals surface area contributed by atoms with E-state index in [1.54, 1.807) is 11.3 Å². The van der Waals surface area contributed by atoms with Crippen LogP contribution in [0.5, 0.6) is 0 Å². The van der Waals surface area contributed by atoms with Crippen LogP contribution < -0.4 is 10.9 Å². The van der Waals surface area contributed by atoms with Gasteiger partial charge in [0.2, 0.25) is 0 Å². The second-order valence-electron chi connectivity index (χ2n) is 6.31. The summed E-state index contributed by atoms with van der Waals surface area (Å²) in [5.74, 6) is 0.675. The molecule has 22 heavy (non-hydrogen) atoms. The minimum absolute atomic E-state index is 0.0157. The quantitative estimate of drug-likeness (QED) is 0.777. The number of H-pyrrole nitrogens is 1. The first-order chi connectivity index (χ1) is 10.4. The Morgan fingerprint density at radius 1 is 1.23 bits per heavy atom. The Hall–Kier alpha value is -1.98. The van der Waals surface area contributed by atoms with E-state index in [4.69, 9.17) is 0 Å². The van der Waals surface area contributed by atoms with E-state index in [2.05, 4.69) is 36.1 Å². The fourth-order valence-electron chi connectivity index (χ4n) is 2.15. The Bertz CT molecular complexity index is 844. The highest BCUT2D eigenvalue weighted by Crippen LogP contribution is 2.30. The topological polar surface area (TPSA) is 57.8 Å². The van der Waals surface area contributed by atoms with Gasteiger partial charge >= 0.3 is 0 Å². The summed E-state index contributed by atoms with van der Waals surface area (Å²) in [6, 6.07) is 12.0. The highest BCUT2D eigenvalue weighted by atomic mass is 32.1. The zero-order valence-electron chi connectivity index (χ0n) is 12.9. The Morgan fingerprint density at radius 2 is 1.95 bits per heavy atom. The number of hydrogen-bond donors (Lipinski definition) is 2. The highest BCUT2D eigenvalue weighted by Gasteiger charge is 2.12. The van der Waals surface area contributed by atoms with Crippen LogP contribution in [0, 0.1) is 0 Å². The van der Waals surface area contributed by atoms with Crippen molar-refractivity contribution in [2.24, 2.45) is 0 Å². The van der Waals surface area contributed by atoms with Crippen molar-refractivity contribution in [2.75, 3.05) is 0 Å². The number of hydrogen-bond acceptors (Lipinski definition) is 4. The smallest absolute Gasteiger partial charge is 0.259 e. The third-order valence-electron chi connectivity index (χ3n) is 3.30. The van der Waals surface area contributed by atoms with Gasteiger partial charge < -0.3 is 10.3 Å². The van der Waals surface area contributed by atoms with E-state index in [1.165, 1.54) is 0 Å². The molecule has 0 aliphatic carbocycles. The predicted molar refractivity (Wildman–Crippen MR) is 92.3 cm³/mol. The third kappa shape index (κ3) is 3.26. The summed E-state index contributed by atoms with van der Waals surface area (Å²) >= 11 is 1.55. The molecule has 0 amide bonds. The third-order valence-corrected chi connectivity index (χ3v) is 4.37. The number of aromatic nitrogens is 2. The molecule has 1 aromatic carbocycles. The number of nitrogens with zero attached hydrogens (tertiary/aromatic N) is 1. The molecule has 4 nitrogen and oxygen atoms in total. The summed E-state index contributed by atoms with van der Waals surface area (Å²) in [4.78, 5) is 21.6. The Balaban J connectivity index is 1.98. The van der Waals surface area contributed by atoms with Gasteiger partial charge in [0.05, 0.1) is 11.9 Å². The minimum atomic E-state index is -0.0749. The van der Waals surface area contributed by atoms with E-state index < -0.39 is 0 Å². The number of nitrogens with one attached hydrogen (secondary N) is 2. The lowest BCUT2D eigenvalue weighted by Crippen LogP contribution is -2.36. The lowest BCUT2D eigenvalue weighted by Gasteiger charge is -2.19. The second-order valence-corrected chi connectivity index (χ2v) is 7.34. The van der Waals surface area contributed by atoms with Crippen LogP contribution >= 0.6 is 11.3 Å². The van der Waals surface area contributed by atoms with E-state index >= 15 is 0 Å². The molecule has 2 aromatic heterocycles. The zero-order valence-corrected chi connectivity index (χ0v) is 13.8. The van der Waals surface area contributed by atoms with Gasteiger partial charge in [0.25, 0.3) is 5.56 Å². The van der Waals surface area contributed by atoms with Gasteiger partial charge in [-0.1, -0.05) is 30.3 Å². The molecular weight excluding hydrogens is 294 g/mol. The van der Waals surface area contributed by atoms with Crippen molar-refractivity contribution in [3.63, 3.8) is 0 Å². The molecule has 0 aliphatic rings. The van der Waals surface area contributed by atoms with Crippen molar-refractivity contribution < 1.29 is 0 Å². The molecule has 0 fully saturated rings. The van der Waals surface area contributed by atoms with Crippen molar-refractivity contribution >= 4 is 21.6 Å². The molecule has 0 aliphatic heterocycles. The van der Waals surface area contributed by atoms with Crippen LogP contribution in [0.15, 0.2) is 41.2 Å². The standard InChI is InChI=1S/C17H19N3OS/c1-17(2,3)18-10-14-19-15(21)12-9-13(22-16(12)20-14)11-7-5-4-6-8-11/h4-9,18H,10H2,1-3H3,(H,19,20,21). The average Bonchev–Trinajstić information content (AvgIpc) is 2.90. The van der Waals surface area contributed by atoms with Gasteiger partial charge in [-0.05, 0) is 32.4 Å². The summed E-state index contributed by atoms with van der Waals surface area (Å²) in [6.07, 6.45) is 0. The van der Waals surface area contributed by atoms with E-state index in [1.807, 2.05) is 36.4 Å². The molecular formula is C17H19N3OS. The van der Waals surface area contributed by atoms with Crippen LogP contribution in [0.2, 0.25) is 0 Å². The molecule has 0 saturated carbocycles. The van der Waals surface area contributed by atoms with E-state index in [9.17, 15) is 4.79 Å². The molecule has 3 rings (SSSR count). The number of rotatable bonds is 3. The maximum atomic E-state index is 12.3. The van der Waals surface area contributed by atoms with Crippen LogP contribution in [0.1, 0.15) is 26.6 Å². The summed E-state index contributed by atoms with van der Waals surface area (Å²) < 4.78 is 0. The molecule has 114 valence electrons. The number of aromatic amines is 1. The fraction of sp³-hybridized carbons (Fsp3) is 0.294. The Morgan fingerprint density at radius 3 is 2.64 bits per heavy atom. The zero-order chi connectivity index (χ0) is 15.7. The largest absolute Gasteiger partial charge is 0.309 e. The van der Waals surface area contributed by atoms with Crippen molar-refractivity contribution in [3.05, 3.63) is 52.6 Å². The summed E-state index contributed by atoms with van der Waals surface area (Å²) in [7, 11) is 0. The minimum Gasteiger partial charge on any atom is -0.309 e. The van der Waals surface area contributed by atoms with Crippen LogP contribution in [0.25, 0.3) is 20.7 Å². The monoisotopic (exact) mass is 313 g/mol. The van der Waals surface area contributed by atoms with Crippen LogP contribution in [-0.2, 0) is 6.54 Å². The second kappa shape index (κ2) is 5.66. The Labute approximate surface area is 133 Å². The van der Waals surface area contributed by atoms with Crippen LogP contribution in [-0.4, -0.2) is 15.5 Å². The molecule has 5 heteroatoms. The lowest BCUT2D eigenvalue weighted by molar-refractivity contribution is 0.418. The molecule has 0 bridgehead atoms. The van der Waals surface area contributed by atoms with E-state index in [-0.39, 0.29) is 11.1 Å². The lowest BCUT2D eigenvalue weighted by atomic mass is 10.1. The van der Waals surface area contributed by atoms with Crippen LogP contribution in [0.3, 0.4) is 0 Å². The normalized spacial score (nSPS) is 12.0. The van der Waals surface area contributed by atoms with Crippen molar-refractivity contribution in [1.82, 2.24) is 15.3 Å². The van der Waals surface area contributed by atoms with Crippen LogP contribution in [0.4, 0.5) is 0 Å². The maximum Gasteiger partial charge on any atom is 0.259 e. The van der Waals surface area contributed by atoms with Gasteiger partial charge in [-0.3, -0.25) is 4.79 Å². The first-order valence-corrected chi connectivity index (χ1v) is 8.07. The molecule has 0 spiro atoms. The number of benzene rings is 1. The predicted octanol–water partition coefficient (Wildman–Crippen LogP) is 3.54. The molecule has 0 radical (unpaired) electrons. The van der Waals surface area contributed by atoms with E-state index in [0.717, 1.165) is 15.3 Å². The van der Waals surface area contributed by atoms with Gasteiger partial charge in [0, 0.05) is 10.4 Å². The fourth-order valence-corrected chi connectivity index (χ4v) is 3.21. The molecule has 0 unspecified atom stereocenters. The number of thiophene rings is 1. The first kappa shape index (κ1) is 14.9. The van der Waals surface area contributed by atoms with Gasteiger partial charge in [0.15, 0.2) is 0 Å². The average molecular weight is 313 g/mol. The first-order valence-electron chi connectivity index (χ1n) is 7.25. The van der Waals surface area contributed by atoms with Gasteiger partial charge in [-0.15, -0.1) is 11.3 Å². The maximum absolute atomic E-state index is 12.3. The summed E-state index contributed by atoms with van der Waals surface area (Å²) in [5.41, 5.74) is 1.02. The molecule has 3 aromatic rings. The molecule has 0 saturated heterocycles. The van der Waals surface area contributed by atoms with Gasteiger partial charge in [0.1, 0.15) is 10.7 Å². The van der Waals surface area contributed by atoms with E-state index in [0.29, 0.717) is 17.8 Å². The molecule has 0 atom stereocenters. The summed E-state index contributed by atoms with van der Waals surface area (Å²) in [5, 5.41) is 4.00. The highest BCUT2D eigenvalue weighted by molar-refractivity contribution is 7.21. The van der Waals surface area contributed by atoms with Crippen molar-refractivity contribution in [2.45, 2.75) is 32.9 Å². The van der Waals surface area contributed by atoms with Crippen molar-refractivity contribution in [1.29, 1.82) is 0 Å². The number of fused-ring (bicyclic) bond motifs is 1. The van der Waals surface area contributed by atoms with Crippen molar-refractivity contribution in [3.8, 4) is 10.4 Å². The summed E-state index contributed by atoms with van der Waals surface area (Å²) in [6.45, 7) is 6.81. The molecule has 2 N–H and O–H groups in total. The SMILES string of the molecule is CC(C)(C)NCc1nc2sc(-c3ccccc3)cc2c(=O)[nH]1. The molecule has 2 heterocycles.